The van der Waals surface area contributed by atoms with Gasteiger partial charge in [-0.1, -0.05) is 23.7 Å². The van der Waals surface area contributed by atoms with E-state index in [9.17, 15) is 22.8 Å². The fourth-order valence-electron chi connectivity index (χ4n) is 2.45. The van der Waals surface area contributed by atoms with Crippen molar-refractivity contribution in [2.75, 3.05) is 13.2 Å². The Morgan fingerprint density at radius 3 is 2.78 bits per heavy atom. The standard InChI is InChI=1S/C14H14ClF3N2O3/c15-9-3-1-2-8(11(9)17)5-19-12(21)10-4-14(18,6-16)7-20(10)13(22)23/h1-3,10H,4-7H2,(H,19,21)(H,22,23)/t10-,14+/m0/s1. The molecular formula is C14H14ClF3N2O3. The molecule has 0 spiro atoms. The number of nitrogens with zero attached hydrogens (tertiary/aromatic N) is 1. The van der Waals surface area contributed by atoms with Gasteiger partial charge in [-0.3, -0.25) is 9.69 Å². The van der Waals surface area contributed by atoms with Gasteiger partial charge in [-0.25, -0.2) is 18.0 Å². The van der Waals surface area contributed by atoms with Crippen molar-refractivity contribution in [2.45, 2.75) is 24.7 Å². The van der Waals surface area contributed by atoms with E-state index in [1.54, 1.807) is 0 Å². The van der Waals surface area contributed by atoms with E-state index in [0.29, 0.717) is 4.90 Å². The first kappa shape index (κ1) is 17.4. The molecule has 1 aliphatic rings. The van der Waals surface area contributed by atoms with E-state index in [0.717, 1.165) is 0 Å². The van der Waals surface area contributed by atoms with Crippen LogP contribution in [0, 0.1) is 5.82 Å². The SMILES string of the molecule is O=C(NCc1cccc(Cl)c1F)[C@@H]1C[C@@](F)(CF)CN1C(=O)O. The van der Waals surface area contributed by atoms with Crippen molar-refractivity contribution in [3.63, 3.8) is 0 Å². The van der Waals surface area contributed by atoms with Crippen molar-refractivity contribution in [3.05, 3.63) is 34.6 Å². The average molecular weight is 351 g/mol. The summed E-state index contributed by atoms with van der Waals surface area (Å²) in [6.45, 7) is -2.35. The molecule has 1 fully saturated rings. The van der Waals surface area contributed by atoms with Crippen LogP contribution in [0.15, 0.2) is 18.2 Å². The van der Waals surface area contributed by atoms with Crippen LogP contribution in [0.1, 0.15) is 12.0 Å². The molecule has 5 nitrogen and oxygen atoms in total. The summed E-state index contributed by atoms with van der Waals surface area (Å²) < 4.78 is 40.4. The topological polar surface area (TPSA) is 69.6 Å². The number of halogens is 4. The van der Waals surface area contributed by atoms with Crippen LogP contribution in [-0.4, -0.2) is 46.9 Å². The quantitative estimate of drug-likeness (QED) is 0.876. The molecule has 9 heteroatoms. The molecule has 2 atom stereocenters. The Kier molecular flexibility index (Phi) is 5.03. The Labute approximate surface area is 135 Å². The van der Waals surface area contributed by atoms with Crippen LogP contribution in [0.25, 0.3) is 0 Å². The molecule has 0 bridgehead atoms. The fraction of sp³-hybridized carbons (Fsp3) is 0.429. The lowest BCUT2D eigenvalue weighted by Crippen LogP contribution is -2.45. The van der Waals surface area contributed by atoms with Crippen molar-refractivity contribution in [1.29, 1.82) is 0 Å². The number of nitrogens with one attached hydrogen (secondary N) is 1. The number of rotatable bonds is 4. The Balaban J connectivity index is 2.07. The molecule has 126 valence electrons. The minimum absolute atomic E-state index is 0.0997. The predicted octanol–water partition coefficient (Wildman–Crippen LogP) is 2.53. The number of hydrogen-bond donors (Lipinski definition) is 2. The van der Waals surface area contributed by atoms with Crippen LogP contribution in [0.5, 0.6) is 0 Å². The summed E-state index contributed by atoms with van der Waals surface area (Å²) in [5, 5.41) is 11.2. The maximum atomic E-state index is 14.0. The second-order valence-corrected chi connectivity index (χ2v) is 5.75. The first-order chi connectivity index (χ1) is 10.8. The molecule has 0 unspecified atom stereocenters. The highest BCUT2D eigenvalue weighted by molar-refractivity contribution is 6.30. The van der Waals surface area contributed by atoms with E-state index < -0.39 is 49.2 Å². The van der Waals surface area contributed by atoms with Gasteiger partial charge in [-0.2, -0.15) is 0 Å². The first-order valence-corrected chi connectivity index (χ1v) is 7.10. The van der Waals surface area contributed by atoms with E-state index in [1.807, 2.05) is 0 Å². The third-order valence-electron chi connectivity index (χ3n) is 3.66. The molecule has 1 aromatic carbocycles. The first-order valence-electron chi connectivity index (χ1n) is 6.72. The minimum atomic E-state index is -2.39. The summed E-state index contributed by atoms with van der Waals surface area (Å²) in [6.07, 6.45) is -2.10. The number of carbonyl (C=O) groups is 2. The summed E-state index contributed by atoms with van der Waals surface area (Å²) in [6, 6.07) is 2.85. The van der Waals surface area contributed by atoms with Gasteiger partial charge in [-0.15, -0.1) is 0 Å². The Morgan fingerprint density at radius 1 is 1.48 bits per heavy atom. The van der Waals surface area contributed by atoms with Crippen LogP contribution < -0.4 is 5.32 Å². The lowest BCUT2D eigenvalue weighted by atomic mass is 10.0. The normalized spacial score (nSPS) is 23.8. The van der Waals surface area contributed by atoms with E-state index in [1.165, 1.54) is 18.2 Å². The van der Waals surface area contributed by atoms with Crippen LogP contribution in [0.4, 0.5) is 18.0 Å². The van der Waals surface area contributed by atoms with Crippen molar-refractivity contribution >= 4 is 23.6 Å². The number of alkyl halides is 2. The third-order valence-corrected chi connectivity index (χ3v) is 3.95. The van der Waals surface area contributed by atoms with Crippen LogP contribution >= 0.6 is 11.6 Å². The van der Waals surface area contributed by atoms with Gasteiger partial charge < -0.3 is 10.4 Å². The Hall–Kier alpha value is -1.96. The van der Waals surface area contributed by atoms with Gasteiger partial charge in [0.25, 0.3) is 0 Å². The molecule has 2 amide bonds. The summed E-state index contributed by atoms with van der Waals surface area (Å²) >= 11 is 5.61. The highest BCUT2D eigenvalue weighted by Gasteiger charge is 2.49. The van der Waals surface area contributed by atoms with Crippen molar-refractivity contribution in [3.8, 4) is 0 Å². The van der Waals surface area contributed by atoms with Gasteiger partial charge in [0.05, 0.1) is 11.6 Å². The molecule has 23 heavy (non-hydrogen) atoms. The van der Waals surface area contributed by atoms with E-state index in [2.05, 4.69) is 5.32 Å². The van der Waals surface area contributed by atoms with E-state index >= 15 is 0 Å². The van der Waals surface area contributed by atoms with Gasteiger partial charge >= 0.3 is 6.09 Å². The zero-order valence-electron chi connectivity index (χ0n) is 11.9. The van der Waals surface area contributed by atoms with Gasteiger partial charge in [0.1, 0.15) is 18.5 Å². The number of carbonyl (C=O) groups excluding carboxylic acids is 1. The van der Waals surface area contributed by atoms with Crippen LogP contribution in [0.2, 0.25) is 5.02 Å². The molecule has 0 radical (unpaired) electrons. The fourth-order valence-corrected chi connectivity index (χ4v) is 2.65. The van der Waals surface area contributed by atoms with E-state index in [4.69, 9.17) is 16.7 Å². The minimum Gasteiger partial charge on any atom is -0.465 e. The van der Waals surface area contributed by atoms with Crippen molar-refractivity contribution in [2.24, 2.45) is 0 Å². The largest absolute Gasteiger partial charge is 0.465 e. The third kappa shape index (κ3) is 3.69. The zero-order valence-corrected chi connectivity index (χ0v) is 12.6. The second kappa shape index (κ2) is 6.66. The summed E-state index contributed by atoms with van der Waals surface area (Å²) in [5.74, 6) is -1.53. The molecule has 2 rings (SSSR count). The highest BCUT2D eigenvalue weighted by Crippen LogP contribution is 2.31. The molecule has 1 saturated heterocycles. The van der Waals surface area contributed by atoms with Gasteiger partial charge in [0, 0.05) is 18.5 Å². The maximum Gasteiger partial charge on any atom is 0.408 e. The summed E-state index contributed by atoms with van der Waals surface area (Å²) in [7, 11) is 0. The second-order valence-electron chi connectivity index (χ2n) is 5.35. The molecule has 1 aliphatic heterocycles. The van der Waals surface area contributed by atoms with E-state index in [-0.39, 0.29) is 17.1 Å². The lowest BCUT2D eigenvalue weighted by Gasteiger charge is -2.20. The number of hydrogen-bond acceptors (Lipinski definition) is 2. The molecule has 1 heterocycles. The molecule has 0 saturated carbocycles. The lowest BCUT2D eigenvalue weighted by molar-refractivity contribution is -0.125. The molecule has 1 aromatic rings. The smallest absolute Gasteiger partial charge is 0.408 e. The van der Waals surface area contributed by atoms with Gasteiger partial charge in [0.15, 0.2) is 5.67 Å². The van der Waals surface area contributed by atoms with Gasteiger partial charge in [0.2, 0.25) is 5.91 Å². The highest BCUT2D eigenvalue weighted by atomic mass is 35.5. The number of carboxylic acid groups (broad SMARTS) is 1. The predicted molar refractivity (Wildman–Crippen MR) is 76.2 cm³/mol. The van der Waals surface area contributed by atoms with Crippen molar-refractivity contribution < 1.29 is 27.9 Å². The zero-order chi connectivity index (χ0) is 17.2. The maximum absolute atomic E-state index is 14.0. The average Bonchev–Trinajstić information content (AvgIpc) is 2.88. The monoisotopic (exact) mass is 350 g/mol. The number of likely N-dealkylation sites (tertiary alicyclic amines) is 1. The van der Waals surface area contributed by atoms with Gasteiger partial charge in [-0.05, 0) is 6.07 Å². The molecule has 2 N–H and O–H groups in total. The number of benzene rings is 1. The number of amides is 2. The Morgan fingerprint density at radius 2 is 2.17 bits per heavy atom. The molecular weight excluding hydrogens is 337 g/mol. The summed E-state index contributed by atoms with van der Waals surface area (Å²) in [5.41, 5.74) is -2.29. The van der Waals surface area contributed by atoms with Crippen LogP contribution in [0.3, 0.4) is 0 Å². The molecule has 0 aliphatic carbocycles. The summed E-state index contributed by atoms with van der Waals surface area (Å²) in [4.78, 5) is 23.7. The Bertz CT molecular complexity index is 631. The van der Waals surface area contributed by atoms with Crippen molar-refractivity contribution in [1.82, 2.24) is 10.2 Å². The van der Waals surface area contributed by atoms with Crippen LogP contribution in [-0.2, 0) is 11.3 Å². The molecule has 0 aromatic heterocycles.